The van der Waals surface area contributed by atoms with E-state index in [1.165, 1.54) is 28.4 Å². The maximum absolute atomic E-state index is 13.9. The molecule has 2 aliphatic rings. The fourth-order valence-corrected chi connectivity index (χ4v) is 7.28. The average molecular weight is 689 g/mol. The highest BCUT2D eigenvalue weighted by molar-refractivity contribution is 7.89. The van der Waals surface area contributed by atoms with E-state index in [0.717, 1.165) is 10.8 Å². The highest BCUT2D eigenvalue weighted by Crippen LogP contribution is 2.37. The molecule has 0 saturated heterocycles. The molecule has 0 spiro atoms. The average Bonchev–Trinajstić information content (AvgIpc) is 3.12. The Bertz CT molecular complexity index is 1980. The fourth-order valence-electron chi connectivity index (χ4n) is 6.08. The number of rotatable bonds is 8. The summed E-state index contributed by atoms with van der Waals surface area (Å²) in [5, 5.41) is 14.8. The molecule has 0 saturated carbocycles. The van der Waals surface area contributed by atoms with E-state index in [4.69, 9.17) is 14.2 Å². The fraction of sp³-hybridized carbons (Fsp3) is 0.333. The van der Waals surface area contributed by atoms with Gasteiger partial charge in [0.05, 0.1) is 41.0 Å². The lowest BCUT2D eigenvalue weighted by molar-refractivity contribution is 0.0389. The number of sulfonamides is 1. The third-order valence-corrected chi connectivity index (χ3v) is 10.8. The molecule has 0 aliphatic carbocycles. The summed E-state index contributed by atoms with van der Waals surface area (Å²) in [4.78, 5) is 30.8. The molecule has 0 radical (unpaired) electrons. The summed E-state index contributed by atoms with van der Waals surface area (Å²) in [6.45, 7) is 4.15. The van der Waals surface area contributed by atoms with Gasteiger partial charge in [0, 0.05) is 38.0 Å². The van der Waals surface area contributed by atoms with E-state index in [1.54, 1.807) is 43.1 Å². The van der Waals surface area contributed by atoms with Gasteiger partial charge in [-0.05, 0) is 42.6 Å². The quantitative estimate of drug-likeness (QED) is 0.269. The maximum Gasteiger partial charge on any atom is 0.326 e. The maximum atomic E-state index is 13.9. The summed E-state index contributed by atoms with van der Waals surface area (Å²) in [6.07, 6.45) is -0.758. The van der Waals surface area contributed by atoms with Gasteiger partial charge in [-0.2, -0.15) is 4.31 Å². The molecule has 4 aromatic rings. The summed E-state index contributed by atoms with van der Waals surface area (Å²) in [5.41, 5.74) is 1.11. The number of fused-ring (bicyclic) bond motifs is 3. The predicted octanol–water partition coefficient (Wildman–Crippen LogP) is 4.82. The minimum Gasteiger partial charge on any atom is -0.486 e. The molecule has 3 amide bonds. The highest BCUT2D eigenvalue weighted by atomic mass is 32.2. The molecule has 3 atom stereocenters. The normalized spacial score (nSPS) is 18.2. The number of hydrogen-bond donors (Lipinski definition) is 2. The second-order valence-corrected chi connectivity index (χ2v) is 14.4. The number of carbonyl (C=O) groups is 2. The zero-order chi connectivity index (χ0) is 34.9. The lowest BCUT2D eigenvalue weighted by atomic mass is 9.99. The number of benzene rings is 4. The third-order valence-electron chi connectivity index (χ3n) is 9.02. The van der Waals surface area contributed by atoms with E-state index in [-0.39, 0.29) is 53.4 Å². The van der Waals surface area contributed by atoms with E-state index in [1.807, 2.05) is 49.4 Å². The Morgan fingerprint density at radius 3 is 2.49 bits per heavy atom. The minimum absolute atomic E-state index is 0.0354. The lowest BCUT2D eigenvalue weighted by Crippen LogP contribution is -2.50. The number of nitrogens with one attached hydrogen (secondary N) is 1. The van der Waals surface area contributed by atoms with Crippen molar-refractivity contribution in [3.8, 4) is 17.2 Å². The summed E-state index contributed by atoms with van der Waals surface area (Å²) in [7, 11) is -0.885. The highest BCUT2D eigenvalue weighted by Gasteiger charge is 2.36. The third kappa shape index (κ3) is 6.74. The van der Waals surface area contributed by atoms with Gasteiger partial charge in [0.1, 0.15) is 19.3 Å². The number of carbonyl (C=O) groups excluding carboxylic acids is 2. The summed E-state index contributed by atoms with van der Waals surface area (Å²) < 4.78 is 46.5. The number of aliphatic hydroxyl groups excluding tert-OH is 1. The number of nitrogens with zero attached hydrogens (tertiary/aromatic N) is 3. The van der Waals surface area contributed by atoms with Crippen LogP contribution in [-0.4, -0.2) is 93.8 Å². The molecule has 49 heavy (non-hydrogen) atoms. The molecule has 0 fully saturated rings. The number of para-hydroxylation sites is 1. The van der Waals surface area contributed by atoms with Crippen LogP contribution in [0, 0.1) is 5.92 Å². The van der Waals surface area contributed by atoms with E-state index in [0.29, 0.717) is 30.4 Å². The van der Waals surface area contributed by atoms with E-state index >= 15 is 0 Å². The van der Waals surface area contributed by atoms with Crippen LogP contribution in [0.25, 0.3) is 10.8 Å². The topological polar surface area (TPSA) is 138 Å². The SMILES string of the molecule is C[C@@H]1CN([C@@H](C)CO)C(=O)c2cccc(NC(=O)N(C)c3cccc4ccccc34)c2O[C@H]1CN(C)S(=O)(=O)c1ccc2c(c1)OCCO2. The smallest absolute Gasteiger partial charge is 0.326 e. The zero-order valence-electron chi connectivity index (χ0n) is 27.8. The molecule has 2 aliphatic heterocycles. The molecule has 12 nitrogen and oxygen atoms in total. The first-order valence-corrected chi connectivity index (χ1v) is 17.5. The number of urea groups is 1. The van der Waals surface area contributed by atoms with Crippen LogP contribution in [0.3, 0.4) is 0 Å². The monoisotopic (exact) mass is 688 g/mol. The van der Waals surface area contributed by atoms with Gasteiger partial charge >= 0.3 is 6.03 Å². The van der Waals surface area contributed by atoms with Crippen LogP contribution >= 0.6 is 0 Å². The van der Waals surface area contributed by atoms with Crippen LogP contribution in [0.5, 0.6) is 17.2 Å². The van der Waals surface area contributed by atoms with Crippen LogP contribution in [0.1, 0.15) is 24.2 Å². The standard InChI is InChI=1S/C36H40N4O8S/c1-23-20-40(24(2)22-41)35(42)28-12-8-13-29(37-36(43)39(4)30-14-7-10-25-9-5-6-11-27(25)30)34(28)48-33(23)21-38(3)49(44,45)26-15-16-31-32(19-26)47-18-17-46-31/h5-16,19,23-24,33,41H,17-18,20-22H2,1-4H3,(H,37,43)/t23-,24+,33+/m1/s1. The van der Waals surface area contributed by atoms with Crippen LogP contribution in [0.15, 0.2) is 83.8 Å². The Balaban J connectivity index is 1.33. The molecule has 2 N–H and O–H groups in total. The van der Waals surface area contributed by atoms with Gasteiger partial charge in [-0.1, -0.05) is 49.4 Å². The van der Waals surface area contributed by atoms with Crippen LogP contribution in [-0.2, 0) is 10.0 Å². The number of aliphatic hydroxyl groups is 1. The summed E-state index contributed by atoms with van der Waals surface area (Å²) >= 11 is 0. The number of ether oxygens (including phenoxy) is 3. The van der Waals surface area contributed by atoms with E-state index in [9.17, 15) is 23.1 Å². The Kier molecular flexibility index (Phi) is 9.68. The van der Waals surface area contributed by atoms with Gasteiger partial charge < -0.3 is 29.5 Å². The summed E-state index contributed by atoms with van der Waals surface area (Å²) in [5.74, 6) is 0.184. The molecule has 13 heteroatoms. The molecule has 6 rings (SSSR count). The van der Waals surface area contributed by atoms with Crippen molar-refractivity contribution < 1.29 is 37.3 Å². The zero-order valence-corrected chi connectivity index (χ0v) is 28.6. The van der Waals surface area contributed by atoms with E-state index in [2.05, 4.69) is 5.32 Å². The minimum atomic E-state index is -4.01. The molecule has 0 unspecified atom stereocenters. The van der Waals surface area contributed by atoms with Crippen LogP contribution in [0.4, 0.5) is 16.2 Å². The van der Waals surface area contributed by atoms with Gasteiger partial charge in [0.15, 0.2) is 17.2 Å². The van der Waals surface area contributed by atoms with Gasteiger partial charge in [-0.25, -0.2) is 13.2 Å². The molecule has 4 aromatic carbocycles. The van der Waals surface area contributed by atoms with Crippen LogP contribution in [0.2, 0.25) is 0 Å². The molecule has 258 valence electrons. The van der Waals surface area contributed by atoms with Crippen molar-refractivity contribution in [2.24, 2.45) is 5.92 Å². The number of likely N-dealkylation sites (N-methyl/N-ethyl adjacent to an activating group) is 1. The van der Waals surface area contributed by atoms with Crippen molar-refractivity contribution in [2.75, 3.05) is 57.2 Å². The van der Waals surface area contributed by atoms with Crippen molar-refractivity contribution in [1.82, 2.24) is 9.21 Å². The number of amides is 3. The molecular formula is C36H40N4O8S. The second kappa shape index (κ2) is 13.9. The Morgan fingerprint density at radius 1 is 1.00 bits per heavy atom. The lowest BCUT2D eigenvalue weighted by Gasteiger charge is -2.38. The largest absolute Gasteiger partial charge is 0.486 e. The predicted molar refractivity (Wildman–Crippen MR) is 186 cm³/mol. The Morgan fingerprint density at radius 2 is 1.71 bits per heavy atom. The number of anilines is 2. The first kappa shape index (κ1) is 34.0. The van der Waals surface area contributed by atoms with Crippen molar-refractivity contribution >= 4 is 44.1 Å². The van der Waals surface area contributed by atoms with E-state index < -0.39 is 28.2 Å². The first-order chi connectivity index (χ1) is 23.5. The van der Waals surface area contributed by atoms with Gasteiger partial charge in [0.25, 0.3) is 5.91 Å². The van der Waals surface area contributed by atoms with Gasteiger partial charge in [-0.15, -0.1) is 0 Å². The van der Waals surface area contributed by atoms with Gasteiger partial charge in [-0.3, -0.25) is 9.69 Å². The van der Waals surface area contributed by atoms with Crippen molar-refractivity contribution in [2.45, 2.75) is 30.9 Å². The second-order valence-electron chi connectivity index (χ2n) is 12.4. The molecule has 2 heterocycles. The first-order valence-electron chi connectivity index (χ1n) is 16.1. The van der Waals surface area contributed by atoms with Crippen LogP contribution < -0.4 is 24.4 Å². The number of hydrogen-bond acceptors (Lipinski definition) is 8. The summed E-state index contributed by atoms with van der Waals surface area (Å²) in [6, 6.07) is 21.8. The van der Waals surface area contributed by atoms with Gasteiger partial charge in [0.2, 0.25) is 10.0 Å². The van der Waals surface area contributed by atoms with Crippen molar-refractivity contribution in [3.63, 3.8) is 0 Å². The molecule has 0 aromatic heterocycles. The Hall–Kier alpha value is -4.85. The molecular weight excluding hydrogens is 648 g/mol. The van der Waals surface area contributed by atoms with Crippen molar-refractivity contribution in [1.29, 1.82) is 0 Å². The molecule has 0 bridgehead atoms. The van der Waals surface area contributed by atoms with Crippen molar-refractivity contribution in [3.05, 3.63) is 84.4 Å². The Labute approximate surface area is 285 Å².